The maximum atomic E-state index is 5.39. The highest BCUT2D eigenvalue weighted by atomic mass is 14.9. The van der Waals surface area contributed by atoms with Crippen molar-refractivity contribution in [2.45, 2.75) is 5.41 Å². The molecule has 256 valence electrons. The zero-order valence-electron chi connectivity index (χ0n) is 29.8. The van der Waals surface area contributed by atoms with Gasteiger partial charge in [0.15, 0.2) is 5.82 Å². The topological polar surface area (TPSA) is 51.6 Å². The summed E-state index contributed by atoms with van der Waals surface area (Å²) in [6.45, 7) is 0. The zero-order valence-corrected chi connectivity index (χ0v) is 29.8. The summed E-state index contributed by atoms with van der Waals surface area (Å²) in [5, 5.41) is 0. The molecule has 4 nitrogen and oxygen atoms in total. The number of aromatic nitrogens is 4. The normalized spacial score (nSPS) is 12.9. The fourth-order valence-corrected chi connectivity index (χ4v) is 8.93. The standard InChI is InChI=1S/C51H32N4/c1-4-16-43-39(12-1)40-13-2-5-17-44(40)51(43)45-18-6-3-14-41(45)49-42(15-7-19-46(49)51)50-54-47(35-24-20-33(21-25-35)37-10-8-28-52-31-37)30-48(55-50)36-26-22-34(23-27-36)38-11-9-29-53-32-38/h1-32H. The average molecular weight is 701 g/mol. The molecule has 0 fully saturated rings. The Labute approximate surface area is 319 Å². The van der Waals surface area contributed by atoms with Crippen LogP contribution in [0.4, 0.5) is 0 Å². The molecule has 2 aliphatic carbocycles. The summed E-state index contributed by atoms with van der Waals surface area (Å²) in [5.74, 6) is 0.698. The molecule has 2 aliphatic rings. The summed E-state index contributed by atoms with van der Waals surface area (Å²) in [6.07, 6.45) is 7.39. The third-order valence-electron chi connectivity index (χ3n) is 11.3. The van der Waals surface area contributed by atoms with Crippen LogP contribution in [-0.2, 0) is 5.41 Å². The van der Waals surface area contributed by atoms with Gasteiger partial charge < -0.3 is 0 Å². The van der Waals surface area contributed by atoms with Crippen LogP contribution in [0.5, 0.6) is 0 Å². The third-order valence-corrected chi connectivity index (χ3v) is 11.3. The van der Waals surface area contributed by atoms with E-state index < -0.39 is 5.41 Å². The predicted octanol–water partition coefficient (Wildman–Crippen LogP) is 11.9. The van der Waals surface area contributed by atoms with E-state index in [1.807, 2.05) is 24.5 Å². The van der Waals surface area contributed by atoms with Crippen molar-refractivity contribution in [1.29, 1.82) is 0 Å². The summed E-state index contributed by atoms with van der Waals surface area (Å²) in [5.41, 5.74) is 18.9. The molecule has 11 rings (SSSR count). The van der Waals surface area contributed by atoms with Crippen LogP contribution in [0.3, 0.4) is 0 Å². The van der Waals surface area contributed by atoms with E-state index >= 15 is 0 Å². The Hall–Kier alpha value is -7.30. The maximum Gasteiger partial charge on any atom is 0.161 e. The van der Waals surface area contributed by atoms with Gasteiger partial charge in [-0.15, -0.1) is 0 Å². The largest absolute Gasteiger partial charge is 0.264 e. The smallest absolute Gasteiger partial charge is 0.161 e. The molecular formula is C51H32N4. The lowest BCUT2D eigenvalue weighted by atomic mass is 9.70. The number of hydrogen-bond acceptors (Lipinski definition) is 4. The minimum atomic E-state index is -0.445. The molecule has 3 aromatic heterocycles. The van der Waals surface area contributed by atoms with Gasteiger partial charge in [-0.05, 0) is 85.0 Å². The Bertz CT molecular complexity index is 2750. The molecule has 0 amide bonds. The highest BCUT2D eigenvalue weighted by molar-refractivity contribution is 5.99. The van der Waals surface area contributed by atoms with Crippen LogP contribution in [-0.4, -0.2) is 19.9 Å². The Morgan fingerprint density at radius 2 is 0.764 bits per heavy atom. The number of benzene rings is 6. The number of nitrogens with zero attached hydrogens (tertiary/aromatic N) is 4. The van der Waals surface area contributed by atoms with E-state index in [0.717, 1.165) is 50.3 Å². The molecule has 0 saturated heterocycles. The molecule has 0 N–H and O–H groups in total. The second kappa shape index (κ2) is 12.4. The fraction of sp³-hybridized carbons (Fsp3) is 0.0196. The van der Waals surface area contributed by atoms with Gasteiger partial charge in [0, 0.05) is 41.5 Å². The Morgan fingerprint density at radius 1 is 0.327 bits per heavy atom. The zero-order chi connectivity index (χ0) is 36.3. The second-order valence-electron chi connectivity index (χ2n) is 14.2. The first-order valence-corrected chi connectivity index (χ1v) is 18.6. The van der Waals surface area contributed by atoms with E-state index in [9.17, 15) is 0 Å². The van der Waals surface area contributed by atoms with E-state index in [0.29, 0.717) is 5.82 Å². The molecule has 3 heterocycles. The Balaban J connectivity index is 1.13. The summed E-state index contributed by atoms with van der Waals surface area (Å²) >= 11 is 0. The van der Waals surface area contributed by atoms with Crippen molar-refractivity contribution in [2.75, 3.05) is 0 Å². The van der Waals surface area contributed by atoms with Gasteiger partial charge in [-0.2, -0.15) is 0 Å². The number of pyridine rings is 2. The summed E-state index contributed by atoms with van der Waals surface area (Å²) in [6, 6.07) is 60.8. The molecule has 0 aliphatic heterocycles. The molecule has 1 spiro atoms. The average Bonchev–Trinajstić information content (AvgIpc) is 3.75. The van der Waals surface area contributed by atoms with Gasteiger partial charge in [0.2, 0.25) is 0 Å². The molecule has 6 aromatic carbocycles. The van der Waals surface area contributed by atoms with E-state index in [1.165, 1.54) is 44.5 Å². The van der Waals surface area contributed by atoms with Crippen molar-refractivity contribution in [3.05, 3.63) is 217 Å². The van der Waals surface area contributed by atoms with Crippen LogP contribution < -0.4 is 0 Å². The molecule has 9 aromatic rings. The molecule has 0 atom stereocenters. The van der Waals surface area contributed by atoms with Gasteiger partial charge >= 0.3 is 0 Å². The highest BCUT2D eigenvalue weighted by Crippen LogP contribution is 2.63. The van der Waals surface area contributed by atoms with Gasteiger partial charge in [0.25, 0.3) is 0 Å². The van der Waals surface area contributed by atoms with Crippen molar-refractivity contribution in [3.8, 4) is 78.4 Å². The van der Waals surface area contributed by atoms with E-state index in [4.69, 9.17) is 9.97 Å². The number of hydrogen-bond donors (Lipinski definition) is 0. The van der Waals surface area contributed by atoms with Gasteiger partial charge in [-0.25, -0.2) is 9.97 Å². The lowest BCUT2D eigenvalue weighted by Gasteiger charge is -2.30. The van der Waals surface area contributed by atoms with E-state index in [1.54, 1.807) is 12.4 Å². The first-order chi connectivity index (χ1) is 27.3. The van der Waals surface area contributed by atoms with Crippen LogP contribution >= 0.6 is 0 Å². The van der Waals surface area contributed by atoms with E-state index in [-0.39, 0.29) is 0 Å². The SMILES string of the molecule is c1cncc(-c2ccc(-c3cc(-c4ccc(-c5cccnc5)cc4)nc(-c4cccc5c4-c4ccccc4C54c5ccccc5-c5ccccc54)n3)cc2)c1. The monoisotopic (exact) mass is 700 g/mol. The Morgan fingerprint density at radius 3 is 1.27 bits per heavy atom. The number of rotatable bonds is 5. The van der Waals surface area contributed by atoms with Crippen LogP contribution in [0.25, 0.3) is 78.4 Å². The summed E-state index contributed by atoms with van der Waals surface area (Å²) in [4.78, 5) is 19.4. The van der Waals surface area contributed by atoms with Gasteiger partial charge in [-0.3, -0.25) is 9.97 Å². The molecular weight excluding hydrogens is 669 g/mol. The number of fused-ring (bicyclic) bond motifs is 10. The quantitative estimate of drug-likeness (QED) is 0.179. The predicted molar refractivity (Wildman–Crippen MR) is 221 cm³/mol. The van der Waals surface area contributed by atoms with Crippen LogP contribution in [0.2, 0.25) is 0 Å². The highest BCUT2D eigenvalue weighted by Gasteiger charge is 2.52. The van der Waals surface area contributed by atoms with Crippen molar-refractivity contribution in [1.82, 2.24) is 19.9 Å². The van der Waals surface area contributed by atoms with E-state index in [2.05, 4.69) is 168 Å². The molecule has 0 bridgehead atoms. The summed E-state index contributed by atoms with van der Waals surface area (Å²) < 4.78 is 0. The van der Waals surface area contributed by atoms with Crippen LogP contribution in [0, 0.1) is 0 Å². The van der Waals surface area contributed by atoms with Crippen molar-refractivity contribution in [2.24, 2.45) is 0 Å². The second-order valence-corrected chi connectivity index (χ2v) is 14.2. The molecule has 4 heteroatoms. The molecule has 0 saturated carbocycles. The Kier molecular flexibility index (Phi) is 7.04. The van der Waals surface area contributed by atoms with Crippen molar-refractivity contribution >= 4 is 0 Å². The molecule has 55 heavy (non-hydrogen) atoms. The first kappa shape index (κ1) is 31.2. The first-order valence-electron chi connectivity index (χ1n) is 18.6. The van der Waals surface area contributed by atoms with Crippen LogP contribution in [0.1, 0.15) is 22.3 Å². The molecule has 0 radical (unpaired) electrons. The third kappa shape index (κ3) is 4.78. The fourth-order valence-electron chi connectivity index (χ4n) is 8.93. The summed E-state index contributed by atoms with van der Waals surface area (Å²) in [7, 11) is 0. The minimum Gasteiger partial charge on any atom is -0.264 e. The van der Waals surface area contributed by atoms with Gasteiger partial charge in [0.05, 0.1) is 16.8 Å². The van der Waals surface area contributed by atoms with Crippen LogP contribution in [0.15, 0.2) is 195 Å². The minimum absolute atomic E-state index is 0.445. The van der Waals surface area contributed by atoms with Crippen molar-refractivity contribution in [3.63, 3.8) is 0 Å². The maximum absolute atomic E-state index is 5.39. The van der Waals surface area contributed by atoms with Gasteiger partial charge in [0.1, 0.15) is 0 Å². The lowest BCUT2D eigenvalue weighted by molar-refractivity contribution is 0.794. The van der Waals surface area contributed by atoms with Gasteiger partial charge in [-0.1, -0.05) is 152 Å². The molecule has 0 unspecified atom stereocenters. The van der Waals surface area contributed by atoms with Crippen molar-refractivity contribution < 1.29 is 0 Å². The lowest BCUT2D eigenvalue weighted by Crippen LogP contribution is -2.25.